The van der Waals surface area contributed by atoms with Gasteiger partial charge in [-0.05, 0) is 36.5 Å². The van der Waals surface area contributed by atoms with E-state index in [0.717, 1.165) is 11.0 Å². The molecule has 0 saturated heterocycles. The van der Waals surface area contributed by atoms with E-state index >= 15 is 0 Å². The van der Waals surface area contributed by atoms with Crippen molar-refractivity contribution >= 4 is 34.9 Å². The molecule has 3 aromatic rings. The summed E-state index contributed by atoms with van der Waals surface area (Å²) in [7, 11) is 0. The summed E-state index contributed by atoms with van der Waals surface area (Å²) in [6, 6.07) is 6.11. The van der Waals surface area contributed by atoms with Gasteiger partial charge >= 0.3 is 0 Å². The van der Waals surface area contributed by atoms with Gasteiger partial charge in [-0.15, -0.1) is 0 Å². The highest BCUT2D eigenvalue weighted by molar-refractivity contribution is 7.71. The van der Waals surface area contributed by atoms with Crippen molar-refractivity contribution in [2.75, 3.05) is 0 Å². The number of pyridine rings is 1. The molecule has 18 heavy (non-hydrogen) atoms. The maximum atomic E-state index is 13.4. The standard InChI is InChI=1S/C12H7ClFN3S/c13-7-3-8(14)5-9(4-7)17-11-1-2-15-6-10(11)16-12(17)18/h1-6H,(H,16,18). The Balaban J connectivity index is 2.37. The number of halogens is 2. The molecule has 1 N–H and O–H groups in total. The molecule has 3 rings (SSSR count). The van der Waals surface area contributed by atoms with Crippen molar-refractivity contribution in [3.63, 3.8) is 0 Å². The highest BCUT2D eigenvalue weighted by Crippen LogP contribution is 2.22. The first-order valence-electron chi connectivity index (χ1n) is 5.16. The molecule has 0 amide bonds. The zero-order chi connectivity index (χ0) is 12.7. The number of aromatic nitrogens is 3. The van der Waals surface area contributed by atoms with E-state index in [-0.39, 0.29) is 0 Å². The molecule has 0 atom stereocenters. The lowest BCUT2D eigenvalue weighted by Gasteiger charge is -2.05. The molecule has 0 fully saturated rings. The fraction of sp³-hybridized carbons (Fsp3) is 0. The molecule has 0 bridgehead atoms. The van der Waals surface area contributed by atoms with Gasteiger partial charge in [0.05, 0.1) is 22.9 Å². The van der Waals surface area contributed by atoms with E-state index in [1.54, 1.807) is 29.1 Å². The van der Waals surface area contributed by atoms with Crippen LogP contribution >= 0.6 is 23.8 Å². The van der Waals surface area contributed by atoms with Crippen LogP contribution in [-0.4, -0.2) is 14.5 Å². The first-order chi connectivity index (χ1) is 8.65. The zero-order valence-electron chi connectivity index (χ0n) is 9.02. The van der Waals surface area contributed by atoms with E-state index in [1.807, 2.05) is 0 Å². The van der Waals surface area contributed by atoms with Crippen molar-refractivity contribution in [1.82, 2.24) is 14.5 Å². The predicted molar refractivity (Wildman–Crippen MR) is 71.2 cm³/mol. The topological polar surface area (TPSA) is 33.6 Å². The van der Waals surface area contributed by atoms with Crippen LogP contribution in [0.5, 0.6) is 0 Å². The molecule has 6 heteroatoms. The Kier molecular flexibility index (Phi) is 2.65. The maximum absolute atomic E-state index is 13.4. The van der Waals surface area contributed by atoms with E-state index in [0.29, 0.717) is 15.5 Å². The molecular formula is C12H7ClFN3S. The number of hydrogen-bond donors (Lipinski definition) is 1. The van der Waals surface area contributed by atoms with Gasteiger partial charge in [-0.25, -0.2) is 4.39 Å². The lowest BCUT2D eigenvalue weighted by molar-refractivity contribution is 0.627. The largest absolute Gasteiger partial charge is 0.329 e. The van der Waals surface area contributed by atoms with Crippen molar-refractivity contribution in [3.05, 3.63) is 52.3 Å². The van der Waals surface area contributed by atoms with Crippen molar-refractivity contribution in [2.24, 2.45) is 0 Å². The molecule has 0 aliphatic rings. The Morgan fingerprint density at radius 1 is 1.33 bits per heavy atom. The van der Waals surface area contributed by atoms with Gasteiger partial charge in [0.1, 0.15) is 5.82 Å². The van der Waals surface area contributed by atoms with Gasteiger partial charge in [-0.1, -0.05) is 11.6 Å². The lowest BCUT2D eigenvalue weighted by atomic mass is 10.3. The average molecular weight is 280 g/mol. The van der Waals surface area contributed by atoms with Crippen molar-refractivity contribution < 1.29 is 4.39 Å². The third kappa shape index (κ3) is 1.81. The summed E-state index contributed by atoms with van der Waals surface area (Å²) in [6.07, 6.45) is 3.32. The highest BCUT2D eigenvalue weighted by atomic mass is 35.5. The smallest absolute Gasteiger partial charge is 0.182 e. The van der Waals surface area contributed by atoms with Crippen LogP contribution in [0.25, 0.3) is 16.7 Å². The molecule has 0 saturated carbocycles. The summed E-state index contributed by atoms with van der Waals surface area (Å²) < 4.78 is 15.6. The van der Waals surface area contributed by atoms with E-state index in [2.05, 4.69) is 9.97 Å². The second-order valence-corrected chi connectivity index (χ2v) is 4.61. The van der Waals surface area contributed by atoms with Gasteiger partial charge in [0.15, 0.2) is 4.77 Å². The van der Waals surface area contributed by atoms with Crippen LogP contribution in [-0.2, 0) is 0 Å². The zero-order valence-corrected chi connectivity index (χ0v) is 10.6. The minimum atomic E-state index is -0.400. The SMILES string of the molecule is Fc1cc(Cl)cc(-n2c(=S)[nH]c3cnccc32)c1. The third-order valence-electron chi connectivity index (χ3n) is 2.59. The fourth-order valence-corrected chi connectivity index (χ4v) is 2.41. The van der Waals surface area contributed by atoms with Gasteiger partial charge in [0.25, 0.3) is 0 Å². The van der Waals surface area contributed by atoms with Crippen molar-refractivity contribution in [1.29, 1.82) is 0 Å². The minimum absolute atomic E-state index is 0.329. The van der Waals surface area contributed by atoms with Crippen molar-refractivity contribution in [3.8, 4) is 5.69 Å². The molecule has 0 aliphatic carbocycles. The lowest BCUT2D eigenvalue weighted by Crippen LogP contribution is -1.95. The molecule has 1 aromatic carbocycles. The number of nitrogens with one attached hydrogen (secondary N) is 1. The molecule has 90 valence electrons. The fourth-order valence-electron chi connectivity index (χ4n) is 1.88. The van der Waals surface area contributed by atoms with Crippen LogP contribution in [0.3, 0.4) is 0 Å². The summed E-state index contributed by atoms with van der Waals surface area (Å²) in [4.78, 5) is 7.02. The number of hydrogen-bond acceptors (Lipinski definition) is 2. The van der Waals surface area contributed by atoms with Gasteiger partial charge in [-0.2, -0.15) is 0 Å². The van der Waals surface area contributed by atoms with Crippen LogP contribution in [0.15, 0.2) is 36.7 Å². The maximum Gasteiger partial charge on any atom is 0.182 e. The van der Waals surface area contributed by atoms with E-state index in [1.165, 1.54) is 12.1 Å². The van der Waals surface area contributed by atoms with E-state index in [4.69, 9.17) is 23.8 Å². The second-order valence-electron chi connectivity index (χ2n) is 3.79. The summed E-state index contributed by atoms with van der Waals surface area (Å²) >= 11 is 11.1. The Labute approximate surface area is 112 Å². The summed E-state index contributed by atoms with van der Waals surface area (Å²) in [6.45, 7) is 0. The average Bonchev–Trinajstić information content (AvgIpc) is 2.63. The summed E-state index contributed by atoms with van der Waals surface area (Å²) in [5.41, 5.74) is 2.21. The predicted octanol–water partition coefficient (Wildman–Crippen LogP) is 3.88. The van der Waals surface area contributed by atoms with E-state index < -0.39 is 5.82 Å². The number of H-pyrrole nitrogens is 1. The molecule has 3 nitrogen and oxygen atoms in total. The normalized spacial score (nSPS) is 11.0. The Hall–Kier alpha value is -1.72. The number of nitrogens with zero attached hydrogens (tertiary/aromatic N) is 2. The van der Waals surface area contributed by atoms with Crippen LogP contribution in [0.2, 0.25) is 5.02 Å². The third-order valence-corrected chi connectivity index (χ3v) is 3.09. The van der Waals surface area contributed by atoms with Crippen molar-refractivity contribution in [2.45, 2.75) is 0 Å². The molecule has 0 spiro atoms. The molecule has 2 aromatic heterocycles. The summed E-state index contributed by atoms with van der Waals surface area (Å²) in [5.74, 6) is -0.400. The van der Waals surface area contributed by atoms with Gasteiger partial charge in [0, 0.05) is 11.2 Å². The monoisotopic (exact) mass is 279 g/mol. The minimum Gasteiger partial charge on any atom is -0.329 e. The highest BCUT2D eigenvalue weighted by Gasteiger charge is 2.08. The number of rotatable bonds is 1. The molecule has 0 aliphatic heterocycles. The first kappa shape index (κ1) is 11.4. The Morgan fingerprint density at radius 3 is 2.94 bits per heavy atom. The summed E-state index contributed by atoms with van der Waals surface area (Å²) in [5, 5.41) is 0.329. The Morgan fingerprint density at radius 2 is 2.17 bits per heavy atom. The number of benzene rings is 1. The van der Waals surface area contributed by atoms with Gasteiger partial charge < -0.3 is 4.98 Å². The second kappa shape index (κ2) is 4.19. The molecule has 0 unspecified atom stereocenters. The number of imidazole rings is 1. The van der Waals surface area contributed by atoms with Crippen LogP contribution in [0, 0.1) is 10.6 Å². The van der Waals surface area contributed by atoms with Crippen LogP contribution in [0.4, 0.5) is 4.39 Å². The Bertz CT molecular complexity index is 773. The van der Waals surface area contributed by atoms with E-state index in [9.17, 15) is 4.39 Å². The quantitative estimate of drug-likeness (QED) is 0.686. The molecule has 2 heterocycles. The number of aromatic amines is 1. The van der Waals surface area contributed by atoms with Crippen LogP contribution in [0.1, 0.15) is 0 Å². The first-order valence-corrected chi connectivity index (χ1v) is 5.95. The van der Waals surface area contributed by atoms with Crippen LogP contribution < -0.4 is 0 Å². The van der Waals surface area contributed by atoms with Gasteiger partial charge in [0.2, 0.25) is 0 Å². The number of fused-ring (bicyclic) bond motifs is 1. The van der Waals surface area contributed by atoms with Gasteiger partial charge in [-0.3, -0.25) is 9.55 Å². The molecule has 0 radical (unpaired) electrons. The molecular weight excluding hydrogens is 273 g/mol.